The number of rotatable bonds is 6. The number of anilines is 3. The van der Waals surface area contributed by atoms with E-state index in [9.17, 15) is 9.59 Å². The molecule has 7 heteroatoms. The third-order valence-corrected chi connectivity index (χ3v) is 4.40. The molecule has 0 saturated carbocycles. The predicted molar refractivity (Wildman–Crippen MR) is 112 cm³/mol. The first-order chi connectivity index (χ1) is 12.7. The van der Waals surface area contributed by atoms with Gasteiger partial charge in [-0.2, -0.15) is 0 Å². The molecule has 1 heterocycles. The Balaban J connectivity index is 0.00000261. The average molecular weight is 389 g/mol. The van der Waals surface area contributed by atoms with E-state index in [1.54, 1.807) is 24.3 Å². The van der Waals surface area contributed by atoms with E-state index < -0.39 is 0 Å². The van der Waals surface area contributed by atoms with Crippen molar-refractivity contribution in [2.24, 2.45) is 5.92 Å². The molecule has 1 fully saturated rings. The lowest BCUT2D eigenvalue weighted by Gasteiger charge is -2.10. The van der Waals surface area contributed by atoms with Gasteiger partial charge in [-0.3, -0.25) is 4.79 Å². The zero-order valence-electron chi connectivity index (χ0n) is 15.0. The van der Waals surface area contributed by atoms with Gasteiger partial charge in [0.05, 0.1) is 0 Å². The molecule has 1 unspecified atom stereocenters. The molecule has 0 radical (unpaired) electrons. The lowest BCUT2D eigenvalue weighted by molar-refractivity contribution is -0.116. The summed E-state index contributed by atoms with van der Waals surface area (Å²) in [5, 5.41) is 11.7. The largest absolute Gasteiger partial charge is 0.326 e. The smallest absolute Gasteiger partial charge is 0.323 e. The highest BCUT2D eigenvalue weighted by atomic mass is 35.5. The van der Waals surface area contributed by atoms with Crippen molar-refractivity contribution in [2.45, 2.75) is 19.3 Å². The molecule has 1 aliphatic heterocycles. The fraction of sp³-hybridized carbons (Fsp3) is 0.300. The van der Waals surface area contributed by atoms with Crippen LogP contribution in [0.1, 0.15) is 19.3 Å². The van der Waals surface area contributed by atoms with Crippen molar-refractivity contribution < 1.29 is 9.59 Å². The Morgan fingerprint density at radius 1 is 0.889 bits per heavy atom. The first-order valence-corrected chi connectivity index (χ1v) is 8.93. The summed E-state index contributed by atoms with van der Waals surface area (Å²) in [6.07, 6.45) is 2.60. The van der Waals surface area contributed by atoms with E-state index in [-0.39, 0.29) is 24.3 Å². The zero-order valence-corrected chi connectivity index (χ0v) is 15.9. The maximum Gasteiger partial charge on any atom is 0.323 e. The van der Waals surface area contributed by atoms with E-state index in [0.717, 1.165) is 37.3 Å². The summed E-state index contributed by atoms with van der Waals surface area (Å²) < 4.78 is 0. The Morgan fingerprint density at radius 2 is 1.48 bits per heavy atom. The van der Waals surface area contributed by atoms with Gasteiger partial charge < -0.3 is 21.3 Å². The number of carbonyl (C=O) groups is 2. The van der Waals surface area contributed by atoms with Crippen LogP contribution in [0.15, 0.2) is 54.6 Å². The van der Waals surface area contributed by atoms with E-state index >= 15 is 0 Å². The Bertz CT molecular complexity index is 731. The van der Waals surface area contributed by atoms with Crippen LogP contribution < -0.4 is 21.3 Å². The molecule has 0 aromatic heterocycles. The topological polar surface area (TPSA) is 82.3 Å². The maximum atomic E-state index is 12.0. The molecule has 1 atom stereocenters. The van der Waals surface area contributed by atoms with Gasteiger partial charge in [0.2, 0.25) is 5.91 Å². The molecule has 2 aromatic rings. The van der Waals surface area contributed by atoms with E-state index in [4.69, 9.17) is 0 Å². The number of nitrogens with one attached hydrogen (secondary N) is 4. The molecule has 0 spiro atoms. The number of para-hydroxylation sites is 1. The molecule has 1 saturated heterocycles. The molecule has 1 aliphatic rings. The van der Waals surface area contributed by atoms with Gasteiger partial charge in [0, 0.05) is 23.5 Å². The Morgan fingerprint density at radius 3 is 2.07 bits per heavy atom. The Kier molecular flexibility index (Phi) is 8.10. The molecule has 0 bridgehead atoms. The molecular weight excluding hydrogens is 364 g/mol. The summed E-state index contributed by atoms with van der Waals surface area (Å²) in [7, 11) is 0. The maximum absolute atomic E-state index is 12.0. The molecule has 144 valence electrons. The van der Waals surface area contributed by atoms with Crippen molar-refractivity contribution in [2.75, 3.05) is 29.0 Å². The SMILES string of the molecule is Cl.O=C(CCC1CCNC1)Nc1ccc(NC(=O)Nc2ccccc2)cc1. The van der Waals surface area contributed by atoms with Gasteiger partial charge in [0.1, 0.15) is 0 Å². The number of carbonyl (C=O) groups excluding carboxylic acids is 2. The van der Waals surface area contributed by atoms with Crippen LogP contribution in [0.4, 0.5) is 21.9 Å². The van der Waals surface area contributed by atoms with Gasteiger partial charge in [-0.05, 0) is 68.2 Å². The van der Waals surface area contributed by atoms with E-state index in [2.05, 4.69) is 21.3 Å². The third kappa shape index (κ3) is 6.92. The summed E-state index contributed by atoms with van der Waals surface area (Å²) in [4.78, 5) is 24.0. The summed E-state index contributed by atoms with van der Waals surface area (Å²) in [6, 6.07) is 16.0. The summed E-state index contributed by atoms with van der Waals surface area (Å²) in [5.41, 5.74) is 2.12. The second kappa shape index (κ2) is 10.5. The van der Waals surface area contributed by atoms with Gasteiger partial charge in [-0.25, -0.2) is 4.79 Å². The highest BCUT2D eigenvalue weighted by Gasteiger charge is 2.15. The van der Waals surface area contributed by atoms with Crippen LogP contribution in [0.2, 0.25) is 0 Å². The van der Waals surface area contributed by atoms with Crippen molar-refractivity contribution in [3.05, 3.63) is 54.6 Å². The summed E-state index contributed by atoms with van der Waals surface area (Å²) in [6.45, 7) is 2.07. The minimum Gasteiger partial charge on any atom is -0.326 e. The van der Waals surface area contributed by atoms with Gasteiger partial charge >= 0.3 is 6.03 Å². The van der Waals surface area contributed by atoms with Gasteiger partial charge in [0.25, 0.3) is 0 Å². The molecule has 2 aromatic carbocycles. The normalized spacial score (nSPS) is 15.5. The van der Waals surface area contributed by atoms with Crippen LogP contribution in [0.3, 0.4) is 0 Å². The minimum atomic E-state index is -0.307. The number of amides is 3. The van der Waals surface area contributed by atoms with Crippen LogP contribution in [-0.4, -0.2) is 25.0 Å². The number of halogens is 1. The van der Waals surface area contributed by atoms with E-state index in [0.29, 0.717) is 18.0 Å². The molecule has 4 N–H and O–H groups in total. The van der Waals surface area contributed by atoms with Crippen LogP contribution in [-0.2, 0) is 4.79 Å². The molecule has 0 aliphatic carbocycles. The molecule has 27 heavy (non-hydrogen) atoms. The number of urea groups is 1. The first-order valence-electron chi connectivity index (χ1n) is 8.93. The lowest BCUT2D eigenvalue weighted by Crippen LogP contribution is -2.19. The number of benzene rings is 2. The summed E-state index contributed by atoms with van der Waals surface area (Å²) in [5.74, 6) is 0.634. The first kappa shape index (κ1) is 20.7. The van der Waals surface area contributed by atoms with Crippen LogP contribution in [0, 0.1) is 5.92 Å². The van der Waals surface area contributed by atoms with Crippen molar-refractivity contribution in [1.29, 1.82) is 0 Å². The molecule has 3 amide bonds. The quantitative estimate of drug-likeness (QED) is 0.601. The van der Waals surface area contributed by atoms with Gasteiger partial charge in [0.15, 0.2) is 0 Å². The lowest BCUT2D eigenvalue weighted by atomic mass is 10.0. The standard InChI is InChI=1S/C20H24N4O2.ClH/c25-19(11-6-15-12-13-21-14-15)22-17-7-9-18(10-8-17)24-20(26)23-16-4-2-1-3-5-16;/h1-5,7-10,15,21H,6,11-14H2,(H,22,25)(H2,23,24,26);1H. The van der Waals surface area contributed by atoms with E-state index in [1.165, 1.54) is 0 Å². The van der Waals surface area contributed by atoms with Crippen LogP contribution >= 0.6 is 12.4 Å². The van der Waals surface area contributed by atoms with Crippen LogP contribution in [0.25, 0.3) is 0 Å². The third-order valence-electron chi connectivity index (χ3n) is 4.40. The van der Waals surface area contributed by atoms with Crippen molar-refractivity contribution >= 4 is 41.4 Å². The van der Waals surface area contributed by atoms with Crippen molar-refractivity contribution in [3.8, 4) is 0 Å². The van der Waals surface area contributed by atoms with Crippen LogP contribution in [0.5, 0.6) is 0 Å². The summed E-state index contributed by atoms with van der Waals surface area (Å²) >= 11 is 0. The van der Waals surface area contributed by atoms with Crippen molar-refractivity contribution in [1.82, 2.24) is 5.32 Å². The van der Waals surface area contributed by atoms with Crippen molar-refractivity contribution in [3.63, 3.8) is 0 Å². The second-order valence-electron chi connectivity index (χ2n) is 6.47. The highest BCUT2D eigenvalue weighted by Crippen LogP contribution is 2.17. The average Bonchev–Trinajstić information content (AvgIpc) is 3.16. The number of hydrogen-bond acceptors (Lipinski definition) is 3. The fourth-order valence-electron chi connectivity index (χ4n) is 2.97. The Hall–Kier alpha value is -2.57. The van der Waals surface area contributed by atoms with E-state index in [1.807, 2.05) is 30.3 Å². The predicted octanol–water partition coefficient (Wildman–Crippen LogP) is 4.08. The highest BCUT2D eigenvalue weighted by molar-refractivity contribution is 6.00. The molecule has 6 nitrogen and oxygen atoms in total. The monoisotopic (exact) mass is 388 g/mol. The Labute approximate surface area is 165 Å². The number of hydrogen-bond donors (Lipinski definition) is 4. The minimum absolute atomic E-state index is 0. The fourth-order valence-corrected chi connectivity index (χ4v) is 2.97. The van der Waals surface area contributed by atoms with Gasteiger partial charge in [-0.1, -0.05) is 18.2 Å². The molecular formula is C20H25ClN4O2. The zero-order chi connectivity index (χ0) is 18.2. The van der Waals surface area contributed by atoms with Gasteiger partial charge in [-0.15, -0.1) is 12.4 Å². The molecule has 3 rings (SSSR count). The second-order valence-corrected chi connectivity index (χ2v) is 6.47.